The van der Waals surface area contributed by atoms with Gasteiger partial charge in [0.1, 0.15) is 17.5 Å². The second-order valence-corrected chi connectivity index (χ2v) is 7.21. The summed E-state index contributed by atoms with van der Waals surface area (Å²) in [4.78, 5) is 9.35. The average Bonchev–Trinajstić information content (AvgIpc) is 3.11. The molecule has 4 heterocycles. The van der Waals surface area contributed by atoms with E-state index in [2.05, 4.69) is 48.2 Å². The van der Waals surface area contributed by atoms with Crippen molar-refractivity contribution in [2.24, 2.45) is 7.05 Å². The van der Waals surface area contributed by atoms with E-state index in [0.29, 0.717) is 5.92 Å². The third kappa shape index (κ3) is 3.10. The first-order chi connectivity index (χ1) is 11.7. The highest BCUT2D eigenvalue weighted by Gasteiger charge is 2.27. The highest BCUT2D eigenvalue weighted by atomic mass is 15.3. The number of likely N-dealkylation sites (N-methyl/N-ethyl adjacent to an activating group) is 1. The molecule has 2 aromatic heterocycles. The number of aromatic nitrogens is 5. The predicted molar refractivity (Wildman–Crippen MR) is 91.7 cm³/mol. The van der Waals surface area contributed by atoms with Gasteiger partial charge in [0.05, 0.1) is 6.54 Å². The Labute approximate surface area is 143 Å². The lowest BCUT2D eigenvalue weighted by Gasteiger charge is -2.29. The summed E-state index contributed by atoms with van der Waals surface area (Å²) in [6, 6.07) is 0. The van der Waals surface area contributed by atoms with Gasteiger partial charge in [0.15, 0.2) is 0 Å². The van der Waals surface area contributed by atoms with Crippen LogP contribution in [0.1, 0.15) is 36.2 Å². The minimum Gasteiger partial charge on any atom is -0.337 e. The first-order valence-corrected chi connectivity index (χ1v) is 9.00. The van der Waals surface area contributed by atoms with E-state index in [1.165, 1.54) is 25.2 Å². The molecule has 0 aromatic carbocycles. The van der Waals surface area contributed by atoms with E-state index in [4.69, 9.17) is 0 Å². The maximum absolute atomic E-state index is 4.56. The van der Waals surface area contributed by atoms with Crippen LogP contribution in [0, 0.1) is 0 Å². The van der Waals surface area contributed by atoms with Crippen molar-refractivity contribution in [3.63, 3.8) is 0 Å². The van der Waals surface area contributed by atoms with Crippen LogP contribution >= 0.6 is 0 Å². The number of hydrogen-bond acceptors (Lipinski definition) is 5. The molecular formula is C17H27N7. The Morgan fingerprint density at radius 3 is 2.83 bits per heavy atom. The summed E-state index contributed by atoms with van der Waals surface area (Å²) in [7, 11) is 4.27. The van der Waals surface area contributed by atoms with Crippen LogP contribution < -0.4 is 0 Å². The van der Waals surface area contributed by atoms with Crippen molar-refractivity contribution in [2.45, 2.75) is 38.3 Å². The maximum atomic E-state index is 4.56. The van der Waals surface area contributed by atoms with Gasteiger partial charge in [0, 0.05) is 58.0 Å². The van der Waals surface area contributed by atoms with Crippen molar-refractivity contribution in [2.75, 3.05) is 33.2 Å². The van der Waals surface area contributed by atoms with Gasteiger partial charge in [0.25, 0.3) is 0 Å². The minimum atomic E-state index is 0.533. The Bertz CT molecular complexity index is 689. The molecule has 1 unspecified atom stereocenters. The SMILES string of the molecule is CN1CCCC(c2nnc3n2CCN(Cc2nccn2C)CC3)C1. The van der Waals surface area contributed by atoms with Gasteiger partial charge < -0.3 is 14.0 Å². The third-order valence-electron chi connectivity index (χ3n) is 5.42. The first-order valence-electron chi connectivity index (χ1n) is 9.00. The Morgan fingerprint density at radius 2 is 2.04 bits per heavy atom. The highest BCUT2D eigenvalue weighted by Crippen LogP contribution is 2.26. The molecule has 7 nitrogen and oxygen atoms in total. The van der Waals surface area contributed by atoms with Gasteiger partial charge in [-0.15, -0.1) is 10.2 Å². The van der Waals surface area contributed by atoms with E-state index >= 15 is 0 Å². The van der Waals surface area contributed by atoms with Gasteiger partial charge in [-0.25, -0.2) is 4.98 Å². The second-order valence-electron chi connectivity index (χ2n) is 7.21. The zero-order valence-corrected chi connectivity index (χ0v) is 14.7. The Balaban J connectivity index is 1.46. The number of imidazole rings is 1. The molecule has 1 saturated heterocycles. The average molecular weight is 329 g/mol. The zero-order valence-electron chi connectivity index (χ0n) is 14.7. The smallest absolute Gasteiger partial charge is 0.137 e. The van der Waals surface area contributed by atoms with Crippen LogP contribution in [0.25, 0.3) is 0 Å². The van der Waals surface area contributed by atoms with Crippen molar-refractivity contribution < 1.29 is 0 Å². The molecule has 130 valence electrons. The summed E-state index contributed by atoms with van der Waals surface area (Å²) < 4.78 is 4.50. The quantitative estimate of drug-likeness (QED) is 0.837. The van der Waals surface area contributed by atoms with Crippen molar-refractivity contribution >= 4 is 0 Å². The summed E-state index contributed by atoms with van der Waals surface area (Å²) in [5.41, 5.74) is 0. The lowest BCUT2D eigenvalue weighted by Crippen LogP contribution is -2.32. The van der Waals surface area contributed by atoms with Gasteiger partial charge in [-0.2, -0.15) is 0 Å². The molecule has 0 bridgehead atoms. The minimum absolute atomic E-state index is 0.533. The highest BCUT2D eigenvalue weighted by molar-refractivity contribution is 5.06. The van der Waals surface area contributed by atoms with Crippen molar-refractivity contribution in [3.8, 4) is 0 Å². The van der Waals surface area contributed by atoms with Crippen LogP contribution in [-0.2, 0) is 26.6 Å². The molecule has 1 atom stereocenters. The van der Waals surface area contributed by atoms with E-state index in [1.54, 1.807) is 0 Å². The maximum Gasteiger partial charge on any atom is 0.137 e. The molecule has 0 aliphatic carbocycles. The number of likely N-dealkylation sites (tertiary alicyclic amines) is 1. The molecule has 2 aromatic rings. The summed E-state index contributed by atoms with van der Waals surface area (Å²) in [5.74, 6) is 4.02. The summed E-state index contributed by atoms with van der Waals surface area (Å²) in [6.45, 7) is 6.26. The fourth-order valence-electron chi connectivity index (χ4n) is 3.98. The Hall–Kier alpha value is -1.73. The van der Waals surface area contributed by atoms with E-state index in [9.17, 15) is 0 Å². The van der Waals surface area contributed by atoms with Crippen LogP contribution in [0.4, 0.5) is 0 Å². The van der Waals surface area contributed by atoms with Crippen molar-refractivity contribution in [3.05, 3.63) is 29.9 Å². The standard InChI is InChI=1S/C17H27N7/c1-21-7-3-4-14(12-21)17-20-19-15-5-8-23(10-11-24(15)17)13-16-18-6-9-22(16)2/h6,9,14H,3-5,7-8,10-13H2,1-2H3. The van der Waals surface area contributed by atoms with E-state index in [1.807, 2.05) is 12.4 Å². The van der Waals surface area contributed by atoms with Crippen LogP contribution in [0.2, 0.25) is 0 Å². The Morgan fingerprint density at radius 1 is 1.12 bits per heavy atom. The zero-order chi connectivity index (χ0) is 16.5. The molecule has 2 aliphatic rings. The van der Waals surface area contributed by atoms with Crippen LogP contribution in [0.5, 0.6) is 0 Å². The number of aryl methyl sites for hydroxylation is 1. The number of fused-ring (bicyclic) bond motifs is 1. The number of hydrogen-bond donors (Lipinski definition) is 0. The molecule has 0 saturated carbocycles. The number of rotatable bonds is 3. The molecule has 0 spiro atoms. The molecule has 24 heavy (non-hydrogen) atoms. The van der Waals surface area contributed by atoms with Gasteiger partial charge >= 0.3 is 0 Å². The molecule has 7 heteroatoms. The van der Waals surface area contributed by atoms with Crippen LogP contribution in [0.3, 0.4) is 0 Å². The molecule has 1 fully saturated rings. The summed E-state index contributed by atoms with van der Waals surface area (Å²) in [6.07, 6.45) is 7.35. The summed E-state index contributed by atoms with van der Waals surface area (Å²) in [5, 5.41) is 9.08. The molecule has 2 aliphatic heterocycles. The molecule has 0 radical (unpaired) electrons. The lowest BCUT2D eigenvalue weighted by molar-refractivity contribution is 0.238. The van der Waals surface area contributed by atoms with Crippen LogP contribution in [0.15, 0.2) is 12.4 Å². The largest absolute Gasteiger partial charge is 0.337 e. The monoisotopic (exact) mass is 329 g/mol. The van der Waals surface area contributed by atoms with E-state index in [-0.39, 0.29) is 0 Å². The number of nitrogens with zero attached hydrogens (tertiary/aromatic N) is 7. The first kappa shape index (κ1) is 15.8. The summed E-state index contributed by atoms with van der Waals surface area (Å²) >= 11 is 0. The van der Waals surface area contributed by atoms with Gasteiger partial charge in [-0.3, -0.25) is 4.90 Å². The van der Waals surface area contributed by atoms with Crippen molar-refractivity contribution in [1.29, 1.82) is 0 Å². The lowest BCUT2D eigenvalue weighted by atomic mass is 9.97. The number of piperidine rings is 1. The van der Waals surface area contributed by atoms with Gasteiger partial charge in [-0.1, -0.05) is 0 Å². The fourth-order valence-corrected chi connectivity index (χ4v) is 3.98. The van der Waals surface area contributed by atoms with Crippen molar-refractivity contribution in [1.82, 2.24) is 34.1 Å². The molecule has 4 rings (SSSR count). The van der Waals surface area contributed by atoms with Gasteiger partial charge in [0.2, 0.25) is 0 Å². The molecular weight excluding hydrogens is 302 g/mol. The molecule has 0 amide bonds. The Kier molecular flexibility index (Phi) is 4.37. The van der Waals surface area contributed by atoms with Gasteiger partial charge in [-0.05, 0) is 26.4 Å². The van der Waals surface area contributed by atoms with E-state index in [0.717, 1.165) is 50.8 Å². The predicted octanol–water partition coefficient (Wildman–Crippen LogP) is 0.879. The topological polar surface area (TPSA) is 55.0 Å². The van der Waals surface area contributed by atoms with E-state index < -0.39 is 0 Å². The van der Waals surface area contributed by atoms with Crippen LogP contribution in [-0.4, -0.2) is 67.3 Å². The second kappa shape index (κ2) is 6.64. The fraction of sp³-hybridized carbons (Fsp3) is 0.706. The normalized spacial score (nSPS) is 23.2. The third-order valence-corrected chi connectivity index (χ3v) is 5.42. The molecule has 0 N–H and O–H groups in total.